The standard InChI is InChI=1S/C10H10F2N4O/c1-15-7-3-2-6(5-14-13)4-8(7)16(9(11)12)10(15)17/h2-5,9H,13H2,1H3. The molecule has 1 aromatic carbocycles. The van der Waals surface area contributed by atoms with Crippen LogP contribution in [0.2, 0.25) is 0 Å². The molecule has 0 atom stereocenters. The summed E-state index contributed by atoms with van der Waals surface area (Å²) in [5, 5.41) is 3.31. The van der Waals surface area contributed by atoms with E-state index in [2.05, 4.69) is 5.10 Å². The zero-order chi connectivity index (χ0) is 12.6. The number of nitrogens with zero attached hydrogens (tertiary/aromatic N) is 3. The number of nitrogens with two attached hydrogens (primary N) is 1. The molecule has 0 aliphatic heterocycles. The van der Waals surface area contributed by atoms with Gasteiger partial charge in [-0.1, -0.05) is 6.07 Å². The largest absolute Gasteiger partial charge is 0.333 e. The fourth-order valence-corrected chi connectivity index (χ4v) is 1.74. The summed E-state index contributed by atoms with van der Waals surface area (Å²) in [6.45, 7) is -2.88. The number of hydrogen-bond donors (Lipinski definition) is 1. The Morgan fingerprint density at radius 2 is 2.12 bits per heavy atom. The van der Waals surface area contributed by atoms with Gasteiger partial charge in [-0.15, -0.1) is 0 Å². The lowest BCUT2D eigenvalue weighted by Gasteiger charge is -2.00. The summed E-state index contributed by atoms with van der Waals surface area (Å²) >= 11 is 0. The van der Waals surface area contributed by atoms with Gasteiger partial charge in [0.2, 0.25) is 0 Å². The highest BCUT2D eigenvalue weighted by molar-refractivity contribution is 5.87. The van der Waals surface area contributed by atoms with Gasteiger partial charge < -0.3 is 5.84 Å². The predicted molar refractivity (Wildman–Crippen MR) is 60.2 cm³/mol. The Bertz CT molecular complexity index is 642. The Labute approximate surface area is 94.8 Å². The van der Waals surface area contributed by atoms with Crippen LogP contribution in [0.25, 0.3) is 11.0 Å². The first-order chi connectivity index (χ1) is 8.06. The maximum Gasteiger partial charge on any atom is 0.333 e. The smallest absolute Gasteiger partial charge is 0.323 e. The van der Waals surface area contributed by atoms with Crippen LogP contribution in [0.3, 0.4) is 0 Å². The second-order valence-electron chi connectivity index (χ2n) is 3.52. The summed E-state index contributed by atoms with van der Waals surface area (Å²) in [4.78, 5) is 11.6. The van der Waals surface area contributed by atoms with Gasteiger partial charge in [-0.05, 0) is 17.7 Å². The van der Waals surface area contributed by atoms with Crippen molar-refractivity contribution in [3.8, 4) is 0 Å². The summed E-state index contributed by atoms with van der Waals surface area (Å²) in [5.74, 6) is 4.99. The molecule has 0 amide bonds. The van der Waals surface area contributed by atoms with E-state index in [4.69, 9.17) is 5.84 Å². The van der Waals surface area contributed by atoms with Gasteiger partial charge in [-0.3, -0.25) is 4.57 Å². The lowest BCUT2D eigenvalue weighted by molar-refractivity contribution is 0.0705. The van der Waals surface area contributed by atoms with E-state index in [1.54, 1.807) is 12.1 Å². The highest BCUT2D eigenvalue weighted by Crippen LogP contribution is 2.19. The lowest BCUT2D eigenvalue weighted by Crippen LogP contribution is -2.22. The van der Waals surface area contributed by atoms with Gasteiger partial charge in [0.1, 0.15) is 0 Å². The number of rotatable bonds is 2. The van der Waals surface area contributed by atoms with E-state index in [1.807, 2.05) is 0 Å². The Balaban J connectivity index is 2.83. The predicted octanol–water partition coefficient (Wildman–Crippen LogP) is 1.03. The molecule has 7 heteroatoms. The number of benzene rings is 1. The molecule has 5 nitrogen and oxygen atoms in total. The van der Waals surface area contributed by atoms with Crippen LogP contribution in [-0.2, 0) is 7.05 Å². The van der Waals surface area contributed by atoms with Crippen molar-refractivity contribution in [1.29, 1.82) is 0 Å². The summed E-state index contributed by atoms with van der Waals surface area (Å²) in [6.07, 6.45) is 1.33. The fourth-order valence-electron chi connectivity index (χ4n) is 1.74. The fraction of sp³-hybridized carbons (Fsp3) is 0.200. The van der Waals surface area contributed by atoms with Gasteiger partial charge in [0.15, 0.2) is 0 Å². The number of alkyl halides is 2. The van der Waals surface area contributed by atoms with E-state index in [0.29, 0.717) is 15.6 Å². The second-order valence-corrected chi connectivity index (χ2v) is 3.52. The molecule has 0 bridgehead atoms. The molecule has 17 heavy (non-hydrogen) atoms. The maximum atomic E-state index is 12.8. The van der Waals surface area contributed by atoms with Crippen molar-refractivity contribution < 1.29 is 8.78 Å². The minimum absolute atomic E-state index is 0.157. The van der Waals surface area contributed by atoms with Crippen LogP contribution in [0.1, 0.15) is 12.1 Å². The molecule has 0 spiro atoms. The molecule has 2 N–H and O–H groups in total. The van der Waals surface area contributed by atoms with Crippen molar-refractivity contribution in [2.24, 2.45) is 18.0 Å². The lowest BCUT2D eigenvalue weighted by atomic mass is 10.2. The highest BCUT2D eigenvalue weighted by atomic mass is 19.3. The molecule has 2 rings (SSSR count). The average Bonchev–Trinajstić information content (AvgIpc) is 2.52. The van der Waals surface area contributed by atoms with Gasteiger partial charge >= 0.3 is 12.2 Å². The number of aromatic nitrogens is 2. The van der Waals surface area contributed by atoms with Crippen molar-refractivity contribution in [3.63, 3.8) is 0 Å². The molecular formula is C10H10F2N4O. The van der Waals surface area contributed by atoms with E-state index >= 15 is 0 Å². The summed E-state index contributed by atoms with van der Waals surface area (Å²) < 4.78 is 27.2. The number of hydrazone groups is 1. The van der Waals surface area contributed by atoms with E-state index in [9.17, 15) is 13.6 Å². The Morgan fingerprint density at radius 1 is 1.41 bits per heavy atom. The average molecular weight is 240 g/mol. The Hall–Kier alpha value is -2.18. The minimum atomic E-state index is -2.88. The summed E-state index contributed by atoms with van der Waals surface area (Å²) in [5.41, 5.74) is 0.395. The van der Waals surface area contributed by atoms with Crippen molar-refractivity contribution in [2.45, 2.75) is 6.55 Å². The Kier molecular flexibility index (Phi) is 2.66. The molecule has 2 aromatic rings. The first-order valence-corrected chi connectivity index (χ1v) is 4.78. The first-order valence-electron chi connectivity index (χ1n) is 4.78. The van der Waals surface area contributed by atoms with Crippen molar-refractivity contribution in [1.82, 2.24) is 9.13 Å². The molecule has 0 radical (unpaired) electrons. The molecule has 0 fully saturated rings. The van der Waals surface area contributed by atoms with Crippen LogP contribution in [-0.4, -0.2) is 15.3 Å². The SMILES string of the molecule is Cn1c(=O)n(C(F)F)c2cc(C=NN)ccc21. The van der Waals surface area contributed by atoms with Crippen molar-refractivity contribution >= 4 is 17.2 Å². The molecule has 90 valence electrons. The van der Waals surface area contributed by atoms with Crippen LogP contribution in [0.4, 0.5) is 8.78 Å². The third-order valence-electron chi connectivity index (χ3n) is 2.53. The number of hydrogen-bond acceptors (Lipinski definition) is 3. The number of fused-ring (bicyclic) bond motifs is 1. The summed E-state index contributed by atoms with van der Waals surface area (Å²) in [6, 6.07) is 4.67. The third kappa shape index (κ3) is 1.69. The molecule has 1 heterocycles. The molecule has 1 aromatic heterocycles. The van der Waals surface area contributed by atoms with Gasteiger partial charge in [0, 0.05) is 7.05 Å². The van der Waals surface area contributed by atoms with Crippen molar-refractivity contribution in [2.75, 3.05) is 0 Å². The molecule has 0 aliphatic carbocycles. The molecular weight excluding hydrogens is 230 g/mol. The zero-order valence-corrected chi connectivity index (χ0v) is 8.97. The highest BCUT2D eigenvalue weighted by Gasteiger charge is 2.17. The van der Waals surface area contributed by atoms with Crippen LogP contribution in [0.15, 0.2) is 28.1 Å². The van der Waals surface area contributed by atoms with Crippen LogP contribution < -0.4 is 11.5 Å². The topological polar surface area (TPSA) is 65.3 Å². The molecule has 0 aliphatic rings. The van der Waals surface area contributed by atoms with E-state index < -0.39 is 12.2 Å². The van der Waals surface area contributed by atoms with Crippen LogP contribution in [0, 0.1) is 0 Å². The third-order valence-corrected chi connectivity index (χ3v) is 2.53. The number of imidazole rings is 1. The summed E-state index contributed by atoms with van der Waals surface area (Å²) in [7, 11) is 1.44. The number of aryl methyl sites for hydroxylation is 1. The molecule has 0 saturated heterocycles. The monoisotopic (exact) mass is 240 g/mol. The van der Waals surface area contributed by atoms with Gasteiger partial charge in [0.05, 0.1) is 17.2 Å². The van der Waals surface area contributed by atoms with Gasteiger partial charge in [0.25, 0.3) is 0 Å². The van der Waals surface area contributed by atoms with E-state index in [0.717, 1.165) is 0 Å². The molecule has 0 unspecified atom stereocenters. The van der Waals surface area contributed by atoms with Crippen LogP contribution in [0.5, 0.6) is 0 Å². The van der Waals surface area contributed by atoms with Crippen molar-refractivity contribution in [3.05, 3.63) is 34.2 Å². The maximum absolute atomic E-state index is 12.8. The van der Waals surface area contributed by atoms with E-state index in [-0.39, 0.29) is 5.52 Å². The molecule has 0 saturated carbocycles. The van der Waals surface area contributed by atoms with E-state index in [1.165, 1.54) is 23.9 Å². The normalized spacial score (nSPS) is 12.0. The van der Waals surface area contributed by atoms with Gasteiger partial charge in [-0.2, -0.15) is 13.9 Å². The van der Waals surface area contributed by atoms with Crippen LogP contribution >= 0.6 is 0 Å². The second kappa shape index (κ2) is 4.00. The number of halogens is 2. The quantitative estimate of drug-likeness (QED) is 0.484. The van der Waals surface area contributed by atoms with Gasteiger partial charge in [-0.25, -0.2) is 9.36 Å². The Morgan fingerprint density at radius 3 is 2.71 bits per heavy atom. The minimum Gasteiger partial charge on any atom is -0.323 e. The first kappa shape index (κ1) is 11.3. The zero-order valence-electron chi connectivity index (χ0n) is 8.97.